The largest absolute Gasteiger partial charge is 0.444 e. The fourth-order valence-corrected chi connectivity index (χ4v) is 4.23. The SMILES string of the molecule is CCCCCNC(=O)C(Cc1ccc(NS(=O)(=O)O)cc1)NC(=O)C(Cc1ccccc1)NC(=O)OC(C)(C)C. The smallest absolute Gasteiger partial charge is 0.408 e. The van der Waals surface area contributed by atoms with Crippen molar-refractivity contribution in [1.29, 1.82) is 0 Å². The number of unbranched alkanes of at least 4 members (excludes halogenated alkanes) is 2. The Kier molecular flexibility index (Phi) is 12.4. The molecule has 0 saturated carbocycles. The van der Waals surface area contributed by atoms with Crippen LogP contribution in [-0.2, 0) is 37.5 Å². The predicted octanol–water partition coefficient (Wildman–Crippen LogP) is 3.37. The number of carbonyl (C=O) groups is 3. The molecule has 0 aliphatic carbocycles. The van der Waals surface area contributed by atoms with Gasteiger partial charge in [-0.05, 0) is 50.5 Å². The lowest BCUT2D eigenvalue weighted by Crippen LogP contribution is -2.55. The number of carbonyl (C=O) groups excluding carboxylic acids is 3. The molecule has 12 heteroatoms. The zero-order valence-corrected chi connectivity index (χ0v) is 24.2. The van der Waals surface area contributed by atoms with E-state index < -0.39 is 40.0 Å². The molecule has 0 aliphatic heterocycles. The number of nitrogens with one attached hydrogen (secondary N) is 4. The van der Waals surface area contributed by atoms with Gasteiger partial charge in [-0.3, -0.25) is 18.9 Å². The molecule has 2 unspecified atom stereocenters. The minimum atomic E-state index is -4.43. The third kappa shape index (κ3) is 12.9. The van der Waals surface area contributed by atoms with Gasteiger partial charge in [0.15, 0.2) is 0 Å². The summed E-state index contributed by atoms with van der Waals surface area (Å²) in [6.45, 7) is 7.65. The van der Waals surface area contributed by atoms with Crippen molar-refractivity contribution in [3.8, 4) is 0 Å². The number of anilines is 1. The van der Waals surface area contributed by atoms with Crippen LogP contribution in [0.15, 0.2) is 54.6 Å². The predicted molar refractivity (Wildman–Crippen MR) is 153 cm³/mol. The molecule has 0 fully saturated rings. The molecule has 40 heavy (non-hydrogen) atoms. The standard InChI is InChI=1S/C28H40N4O7S/c1-5-6-10-17-29-25(33)23(19-21-13-15-22(16-14-21)32-40(36,37)38)30-26(34)24(18-20-11-8-7-9-12-20)31-27(35)39-28(2,3)4/h7-9,11-16,23-24,32H,5-6,10,17-19H2,1-4H3,(H,29,33)(H,30,34)(H,31,35)(H,36,37,38). The minimum absolute atomic E-state index is 0.0992. The first-order valence-corrected chi connectivity index (χ1v) is 14.7. The van der Waals surface area contributed by atoms with E-state index in [1.807, 2.05) is 35.1 Å². The summed E-state index contributed by atoms with van der Waals surface area (Å²) in [6.07, 6.45) is 2.23. The van der Waals surface area contributed by atoms with E-state index in [-0.39, 0.29) is 24.4 Å². The second-order valence-electron chi connectivity index (χ2n) is 10.4. The molecule has 0 aromatic heterocycles. The van der Waals surface area contributed by atoms with Gasteiger partial charge in [0.1, 0.15) is 17.7 Å². The fraction of sp³-hybridized carbons (Fsp3) is 0.464. The lowest BCUT2D eigenvalue weighted by atomic mass is 10.0. The summed E-state index contributed by atoms with van der Waals surface area (Å²) in [4.78, 5) is 39.2. The molecular formula is C28H40N4O7S. The minimum Gasteiger partial charge on any atom is -0.444 e. The number of amides is 3. The summed E-state index contributed by atoms with van der Waals surface area (Å²) in [6, 6.07) is 13.2. The van der Waals surface area contributed by atoms with Crippen LogP contribution in [0.25, 0.3) is 0 Å². The van der Waals surface area contributed by atoms with Crippen LogP contribution in [0.2, 0.25) is 0 Å². The molecule has 3 amide bonds. The van der Waals surface area contributed by atoms with Crippen molar-refractivity contribution in [2.75, 3.05) is 11.3 Å². The lowest BCUT2D eigenvalue weighted by Gasteiger charge is -2.25. The molecule has 2 aromatic carbocycles. The number of alkyl carbamates (subject to hydrolysis) is 1. The van der Waals surface area contributed by atoms with Crippen molar-refractivity contribution in [3.63, 3.8) is 0 Å². The van der Waals surface area contributed by atoms with Gasteiger partial charge in [-0.15, -0.1) is 0 Å². The van der Waals surface area contributed by atoms with Crippen LogP contribution in [0.3, 0.4) is 0 Å². The quantitative estimate of drug-likeness (QED) is 0.170. The highest BCUT2D eigenvalue weighted by Crippen LogP contribution is 2.14. The van der Waals surface area contributed by atoms with E-state index in [9.17, 15) is 22.8 Å². The molecule has 0 saturated heterocycles. The van der Waals surface area contributed by atoms with Gasteiger partial charge < -0.3 is 20.7 Å². The number of hydrogen-bond acceptors (Lipinski definition) is 6. The lowest BCUT2D eigenvalue weighted by molar-refractivity contribution is -0.130. The normalized spacial score (nSPS) is 13.0. The highest BCUT2D eigenvalue weighted by Gasteiger charge is 2.29. The van der Waals surface area contributed by atoms with Crippen LogP contribution in [0.1, 0.15) is 58.1 Å². The van der Waals surface area contributed by atoms with E-state index in [4.69, 9.17) is 9.29 Å². The van der Waals surface area contributed by atoms with Crippen LogP contribution in [-0.4, -0.2) is 55.1 Å². The summed E-state index contributed by atoms with van der Waals surface area (Å²) in [5.41, 5.74) is 0.811. The van der Waals surface area contributed by atoms with Crippen LogP contribution in [0.4, 0.5) is 10.5 Å². The van der Waals surface area contributed by atoms with Crippen LogP contribution in [0, 0.1) is 0 Å². The Hall–Kier alpha value is -3.64. The Morgan fingerprint density at radius 3 is 1.98 bits per heavy atom. The Morgan fingerprint density at radius 1 is 0.850 bits per heavy atom. The summed E-state index contributed by atoms with van der Waals surface area (Å²) in [7, 11) is -4.43. The zero-order chi connectivity index (χ0) is 29.8. The maximum atomic E-state index is 13.5. The maximum Gasteiger partial charge on any atom is 0.408 e. The second-order valence-corrected chi connectivity index (χ2v) is 11.6. The molecule has 0 aliphatic rings. The Balaban J connectivity index is 2.24. The Morgan fingerprint density at radius 2 is 1.43 bits per heavy atom. The molecular weight excluding hydrogens is 536 g/mol. The molecule has 2 atom stereocenters. The van der Waals surface area contributed by atoms with Crippen molar-refractivity contribution in [2.24, 2.45) is 0 Å². The summed E-state index contributed by atoms with van der Waals surface area (Å²) in [5, 5.41) is 8.26. The van der Waals surface area contributed by atoms with Gasteiger partial charge in [0.25, 0.3) is 0 Å². The van der Waals surface area contributed by atoms with Crippen molar-refractivity contribution in [1.82, 2.24) is 16.0 Å². The van der Waals surface area contributed by atoms with Gasteiger partial charge in [-0.1, -0.05) is 62.2 Å². The molecule has 11 nitrogen and oxygen atoms in total. The van der Waals surface area contributed by atoms with Gasteiger partial charge in [0.2, 0.25) is 11.8 Å². The molecule has 2 aromatic rings. The third-order valence-corrected chi connectivity index (χ3v) is 6.14. The highest BCUT2D eigenvalue weighted by molar-refractivity contribution is 7.87. The van der Waals surface area contributed by atoms with Gasteiger partial charge in [-0.25, -0.2) is 4.79 Å². The highest BCUT2D eigenvalue weighted by atomic mass is 32.2. The first-order chi connectivity index (χ1) is 18.8. The third-order valence-electron chi connectivity index (χ3n) is 5.64. The van der Waals surface area contributed by atoms with E-state index in [1.165, 1.54) is 12.1 Å². The van der Waals surface area contributed by atoms with E-state index >= 15 is 0 Å². The average molecular weight is 577 g/mol. The molecule has 0 spiro atoms. The number of ether oxygens (including phenoxy) is 1. The van der Waals surface area contributed by atoms with Crippen molar-refractivity contribution in [3.05, 3.63) is 65.7 Å². The van der Waals surface area contributed by atoms with E-state index in [0.29, 0.717) is 12.1 Å². The van der Waals surface area contributed by atoms with Gasteiger partial charge >= 0.3 is 16.4 Å². The Bertz CT molecular complexity index is 1210. The summed E-state index contributed by atoms with van der Waals surface area (Å²) >= 11 is 0. The van der Waals surface area contributed by atoms with Crippen LogP contribution < -0.4 is 20.7 Å². The first kappa shape index (κ1) is 32.6. The van der Waals surface area contributed by atoms with Gasteiger partial charge in [0.05, 0.1) is 5.69 Å². The molecule has 2 rings (SSSR count). The van der Waals surface area contributed by atoms with Gasteiger partial charge in [-0.2, -0.15) is 8.42 Å². The molecule has 0 heterocycles. The maximum absolute atomic E-state index is 13.5. The second kappa shape index (κ2) is 15.2. The number of benzene rings is 2. The van der Waals surface area contributed by atoms with Crippen molar-refractivity contribution >= 4 is 33.9 Å². The fourth-order valence-electron chi connectivity index (χ4n) is 3.79. The molecule has 220 valence electrons. The van der Waals surface area contributed by atoms with Crippen LogP contribution in [0.5, 0.6) is 0 Å². The average Bonchev–Trinajstić information content (AvgIpc) is 2.85. The molecule has 0 bridgehead atoms. The molecule has 5 N–H and O–H groups in total. The summed E-state index contributed by atoms with van der Waals surface area (Å²) in [5.74, 6) is -0.951. The van der Waals surface area contributed by atoms with Crippen LogP contribution >= 0.6 is 0 Å². The van der Waals surface area contributed by atoms with E-state index in [1.54, 1.807) is 32.9 Å². The first-order valence-electron chi connectivity index (χ1n) is 13.2. The van der Waals surface area contributed by atoms with Gasteiger partial charge in [0, 0.05) is 19.4 Å². The van der Waals surface area contributed by atoms with Crippen molar-refractivity contribution < 1.29 is 32.1 Å². The Labute approximate surface area is 236 Å². The topological polar surface area (TPSA) is 163 Å². The van der Waals surface area contributed by atoms with Crippen molar-refractivity contribution in [2.45, 2.75) is 77.5 Å². The number of hydrogen-bond donors (Lipinski definition) is 5. The monoisotopic (exact) mass is 576 g/mol. The van der Waals surface area contributed by atoms with E-state index in [0.717, 1.165) is 24.8 Å². The molecule has 0 radical (unpaired) electrons. The zero-order valence-electron chi connectivity index (χ0n) is 23.4. The number of rotatable bonds is 14. The van der Waals surface area contributed by atoms with E-state index in [2.05, 4.69) is 22.9 Å². The summed E-state index contributed by atoms with van der Waals surface area (Å²) < 4.78 is 38.4.